The molecule has 0 fully saturated rings. The van der Waals surface area contributed by atoms with E-state index in [0.717, 1.165) is 9.88 Å². The number of likely N-dealkylation sites (N-methyl/N-ethyl adjacent to an activating group) is 2. The van der Waals surface area contributed by atoms with Gasteiger partial charge in [0.05, 0.1) is 11.4 Å². The van der Waals surface area contributed by atoms with Crippen molar-refractivity contribution in [3.63, 3.8) is 0 Å². The molecule has 7 heteroatoms. The number of rotatable bonds is 8. The zero-order valence-electron chi connectivity index (χ0n) is 14.6. The third kappa shape index (κ3) is 5.01. The quantitative estimate of drug-likeness (QED) is 0.529. The summed E-state index contributed by atoms with van der Waals surface area (Å²) in [6, 6.07) is 5.67. The van der Waals surface area contributed by atoms with E-state index in [4.69, 9.17) is 0 Å². The highest BCUT2D eigenvalue weighted by molar-refractivity contribution is 7.89. The van der Waals surface area contributed by atoms with E-state index in [9.17, 15) is 18.0 Å². The van der Waals surface area contributed by atoms with Gasteiger partial charge in [-0.3, -0.25) is 9.59 Å². The highest BCUT2D eigenvalue weighted by Crippen LogP contribution is 2.16. The van der Waals surface area contributed by atoms with Gasteiger partial charge >= 0.3 is 0 Å². The van der Waals surface area contributed by atoms with Crippen LogP contribution in [-0.2, 0) is 14.8 Å². The molecule has 132 valence electrons. The van der Waals surface area contributed by atoms with Crippen molar-refractivity contribution in [2.45, 2.75) is 25.7 Å². The van der Waals surface area contributed by atoms with Crippen molar-refractivity contribution in [2.75, 3.05) is 26.7 Å². The third-order valence-corrected chi connectivity index (χ3v) is 5.34. The number of hydrogen-bond donors (Lipinski definition) is 0. The molecule has 0 spiro atoms. The van der Waals surface area contributed by atoms with Crippen molar-refractivity contribution in [3.8, 4) is 0 Å². The molecule has 0 heterocycles. The SMILES string of the molecule is C=C(C)CN(CC)C(=O)CN(C)S(=O)(=O)c1ccc(C(C)=O)cc1. The summed E-state index contributed by atoms with van der Waals surface area (Å²) in [6.45, 7) is 9.45. The number of hydrogen-bond acceptors (Lipinski definition) is 4. The number of benzene rings is 1. The average Bonchev–Trinajstić information content (AvgIpc) is 2.52. The van der Waals surface area contributed by atoms with E-state index in [1.54, 1.807) is 4.90 Å². The Bertz CT molecular complexity index is 723. The topological polar surface area (TPSA) is 74.8 Å². The molecule has 0 radical (unpaired) electrons. The van der Waals surface area contributed by atoms with Crippen molar-refractivity contribution in [2.24, 2.45) is 0 Å². The first kappa shape index (κ1) is 20.1. The molecule has 0 bridgehead atoms. The molecule has 0 saturated carbocycles. The predicted octanol–water partition coefficient (Wildman–Crippen LogP) is 1.93. The van der Waals surface area contributed by atoms with Crippen molar-refractivity contribution in [3.05, 3.63) is 42.0 Å². The number of Topliss-reactive ketones (excluding diaryl/α,β-unsaturated/α-hetero) is 1. The number of amides is 1. The zero-order chi connectivity index (χ0) is 18.5. The van der Waals surface area contributed by atoms with E-state index in [0.29, 0.717) is 18.7 Å². The monoisotopic (exact) mass is 352 g/mol. The van der Waals surface area contributed by atoms with Gasteiger partial charge in [-0.1, -0.05) is 24.3 Å². The molecule has 1 aromatic rings. The van der Waals surface area contributed by atoms with Crippen LogP contribution in [0.4, 0.5) is 0 Å². The van der Waals surface area contributed by atoms with Crippen LogP contribution in [0, 0.1) is 0 Å². The fourth-order valence-corrected chi connectivity index (χ4v) is 3.24. The van der Waals surface area contributed by atoms with Crippen LogP contribution in [0.25, 0.3) is 0 Å². The Labute approximate surface area is 143 Å². The minimum absolute atomic E-state index is 0.0470. The Balaban J connectivity index is 2.91. The van der Waals surface area contributed by atoms with Gasteiger partial charge in [-0.2, -0.15) is 4.31 Å². The van der Waals surface area contributed by atoms with Crippen LogP contribution in [0.2, 0.25) is 0 Å². The van der Waals surface area contributed by atoms with Gasteiger partial charge in [-0.15, -0.1) is 0 Å². The van der Waals surface area contributed by atoms with E-state index in [1.165, 1.54) is 38.2 Å². The van der Waals surface area contributed by atoms with Gasteiger partial charge in [0, 0.05) is 25.7 Å². The number of carbonyl (C=O) groups is 2. The zero-order valence-corrected chi connectivity index (χ0v) is 15.4. The van der Waals surface area contributed by atoms with Crippen molar-refractivity contribution >= 4 is 21.7 Å². The largest absolute Gasteiger partial charge is 0.338 e. The second kappa shape index (κ2) is 8.21. The molecule has 0 atom stereocenters. The highest BCUT2D eigenvalue weighted by Gasteiger charge is 2.25. The van der Waals surface area contributed by atoms with Crippen LogP contribution in [0.5, 0.6) is 0 Å². The molecule has 0 aliphatic carbocycles. The van der Waals surface area contributed by atoms with E-state index < -0.39 is 10.0 Å². The minimum Gasteiger partial charge on any atom is -0.338 e. The Morgan fingerprint density at radius 3 is 2.04 bits per heavy atom. The third-order valence-electron chi connectivity index (χ3n) is 3.52. The van der Waals surface area contributed by atoms with Gasteiger partial charge in [0.25, 0.3) is 0 Å². The summed E-state index contributed by atoms with van der Waals surface area (Å²) < 4.78 is 26.1. The predicted molar refractivity (Wildman–Crippen MR) is 93.3 cm³/mol. The van der Waals surface area contributed by atoms with E-state index in [1.807, 2.05) is 13.8 Å². The number of carbonyl (C=O) groups excluding carboxylic acids is 2. The summed E-state index contributed by atoms with van der Waals surface area (Å²) in [5.41, 5.74) is 1.27. The summed E-state index contributed by atoms with van der Waals surface area (Å²) in [5, 5.41) is 0. The second-order valence-electron chi connectivity index (χ2n) is 5.71. The van der Waals surface area contributed by atoms with Crippen molar-refractivity contribution < 1.29 is 18.0 Å². The number of sulfonamides is 1. The molecule has 0 aromatic heterocycles. The molecule has 1 rings (SSSR count). The molecule has 0 aliphatic heterocycles. The summed E-state index contributed by atoms with van der Waals surface area (Å²) in [7, 11) is -2.43. The molecule has 6 nitrogen and oxygen atoms in total. The fourth-order valence-electron chi connectivity index (χ4n) is 2.12. The van der Waals surface area contributed by atoms with E-state index >= 15 is 0 Å². The van der Waals surface area contributed by atoms with Gasteiger partial charge in [-0.05, 0) is 32.9 Å². The average molecular weight is 352 g/mol. The Morgan fingerprint density at radius 2 is 1.62 bits per heavy atom. The molecule has 0 saturated heterocycles. The molecule has 0 unspecified atom stereocenters. The van der Waals surface area contributed by atoms with Gasteiger partial charge in [0.15, 0.2) is 5.78 Å². The maximum Gasteiger partial charge on any atom is 0.243 e. The normalized spacial score (nSPS) is 11.4. The smallest absolute Gasteiger partial charge is 0.243 e. The van der Waals surface area contributed by atoms with Gasteiger partial charge in [0.1, 0.15) is 0 Å². The van der Waals surface area contributed by atoms with Crippen LogP contribution < -0.4 is 0 Å². The first-order valence-electron chi connectivity index (χ1n) is 7.59. The van der Waals surface area contributed by atoms with Crippen LogP contribution in [0.3, 0.4) is 0 Å². The number of ketones is 1. The molecule has 0 aliphatic rings. The summed E-state index contributed by atoms with van der Waals surface area (Å²) in [6.07, 6.45) is 0. The molecular weight excluding hydrogens is 328 g/mol. The van der Waals surface area contributed by atoms with Crippen molar-refractivity contribution in [1.82, 2.24) is 9.21 Å². The lowest BCUT2D eigenvalue weighted by atomic mass is 10.2. The number of nitrogens with zero attached hydrogens (tertiary/aromatic N) is 2. The highest BCUT2D eigenvalue weighted by atomic mass is 32.2. The maximum atomic E-state index is 12.5. The lowest BCUT2D eigenvalue weighted by Gasteiger charge is -2.24. The maximum absolute atomic E-state index is 12.5. The molecular formula is C17H24N2O4S. The molecule has 1 amide bonds. The van der Waals surface area contributed by atoms with Gasteiger partial charge < -0.3 is 4.90 Å². The van der Waals surface area contributed by atoms with E-state index in [2.05, 4.69) is 6.58 Å². The van der Waals surface area contributed by atoms with Crippen LogP contribution in [0.1, 0.15) is 31.1 Å². The first-order chi connectivity index (χ1) is 11.1. The first-order valence-corrected chi connectivity index (χ1v) is 9.03. The minimum atomic E-state index is -3.79. The molecule has 24 heavy (non-hydrogen) atoms. The fraction of sp³-hybridized carbons (Fsp3) is 0.412. The standard InChI is InChI=1S/C17H24N2O4S/c1-6-19(11-13(2)3)17(21)12-18(5)24(22,23)16-9-7-15(8-10-16)14(4)20/h7-10H,2,6,11-12H2,1,3-5H3. The van der Waals surface area contributed by atoms with Crippen LogP contribution in [0.15, 0.2) is 41.3 Å². The Hall–Kier alpha value is -1.99. The lowest BCUT2D eigenvalue weighted by Crippen LogP contribution is -2.41. The Kier molecular flexibility index (Phi) is 6.86. The van der Waals surface area contributed by atoms with Gasteiger partial charge in [0.2, 0.25) is 15.9 Å². The van der Waals surface area contributed by atoms with Crippen LogP contribution in [-0.4, -0.2) is 56.0 Å². The summed E-state index contributed by atoms with van der Waals surface area (Å²) >= 11 is 0. The van der Waals surface area contributed by atoms with E-state index in [-0.39, 0.29) is 23.1 Å². The summed E-state index contributed by atoms with van der Waals surface area (Å²) in [4.78, 5) is 25.1. The van der Waals surface area contributed by atoms with Crippen molar-refractivity contribution in [1.29, 1.82) is 0 Å². The summed E-state index contributed by atoms with van der Waals surface area (Å²) in [5.74, 6) is -0.423. The molecule has 0 N–H and O–H groups in total. The molecule has 1 aromatic carbocycles. The lowest BCUT2D eigenvalue weighted by molar-refractivity contribution is -0.130. The van der Waals surface area contributed by atoms with Gasteiger partial charge in [-0.25, -0.2) is 8.42 Å². The second-order valence-corrected chi connectivity index (χ2v) is 7.75. The Morgan fingerprint density at radius 1 is 1.08 bits per heavy atom. The van der Waals surface area contributed by atoms with Crippen LogP contribution >= 0.6 is 0 Å².